The van der Waals surface area contributed by atoms with Crippen LogP contribution in [0.2, 0.25) is 5.02 Å². The number of sulfonamides is 1. The van der Waals surface area contributed by atoms with E-state index in [0.717, 1.165) is 23.2 Å². The van der Waals surface area contributed by atoms with Crippen molar-refractivity contribution in [3.8, 4) is 0 Å². The number of nitrogens with zero attached hydrogens (tertiary/aromatic N) is 1. The number of halogens is 1. The molecular weight excluding hydrogens is 408 g/mol. The fourth-order valence-electron chi connectivity index (χ4n) is 3.38. The first kappa shape index (κ1) is 19.5. The third-order valence-corrected chi connectivity index (χ3v) is 6.64. The first-order chi connectivity index (χ1) is 13.8. The van der Waals surface area contributed by atoms with Crippen LogP contribution in [-0.2, 0) is 16.4 Å². The molecule has 7 heteroatoms. The Labute approximate surface area is 175 Å². The van der Waals surface area contributed by atoms with Gasteiger partial charge in [0.2, 0.25) is 0 Å². The molecule has 0 radical (unpaired) electrons. The molecule has 29 heavy (non-hydrogen) atoms. The maximum atomic E-state index is 13.1. The third kappa shape index (κ3) is 3.86. The molecule has 0 atom stereocenters. The molecule has 0 aliphatic carbocycles. The third-order valence-electron chi connectivity index (χ3n) is 4.91. The quantitative estimate of drug-likeness (QED) is 0.660. The van der Waals surface area contributed by atoms with Crippen molar-refractivity contribution in [2.45, 2.75) is 18.2 Å². The van der Waals surface area contributed by atoms with E-state index in [1.165, 1.54) is 12.1 Å². The van der Waals surface area contributed by atoms with Crippen LogP contribution in [0.3, 0.4) is 0 Å². The number of para-hydroxylation sites is 1. The van der Waals surface area contributed by atoms with E-state index < -0.39 is 10.0 Å². The Hall–Kier alpha value is -2.83. The normalized spacial score (nSPS) is 13.2. The molecule has 1 amide bonds. The monoisotopic (exact) mass is 426 g/mol. The van der Waals surface area contributed by atoms with E-state index in [1.807, 2.05) is 31.2 Å². The second-order valence-corrected chi connectivity index (χ2v) is 9.04. The number of benzene rings is 3. The van der Waals surface area contributed by atoms with Crippen molar-refractivity contribution in [2.75, 3.05) is 16.2 Å². The Balaban J connectivity index is 1.63. The number of aryl methyl sites for hydroxylation is 1. The number of fused-ring (bicyclic) bond motifs is 1. The van der Waals surface area contributed by atoms with Gasteiger partial charge in [-0.25, -0.2) is 8.42 Å². The molecule has 0 bridgehead atoms. The minimum atomic E-state index is -3.77. The molecule has 4 rings (SSSR count). The smallest absolute Gasteiger partial charge is 0.261 e. The number of hydrogen-bond donors (Lipinski definition) is 1. The van der Waals surface area contributed by atoms with Crippen LogP contribution in [0.4, 0.5) is 11.4 Å². The molecule has 0 aromatic heterocycles. The lowest BCUT2D eigenvalue weighted by Crippen LogP contribution is -2.29. The molecule has 3 aromatic carbocycles. The van der Waals surface area contributed by atoms with Crippen molar-refractivity contribution in [1.29, 1.82) is 0 Å². The van der Waals surface area contributed by atoms with E-state index in [4.69, 9.17) is 11.6 Å². The van der Waals surface area contributed by atoms with Gasteiger partial charge < -0.3 is 4.90 Å². The lowest BCUT2D eigenvalue weighted by atomic mass is 10.1. The van der Waals surface area contributed by atoms with Crippen molar-refractivity contribution in [3.63, 3.8) is 0 Å². The molecule has 0 fully saturated rings. The maximum Gasteiger partial charge on any atom is 0.261 e. The molecule has 0 unspecified atom stereocenters. The fraction of sp³-hybridized carbons (Fsp3) is 0.136. The van der Waals surface area contributed by atoms with Gasteiger partial charge >= 0.3 is 0 Å². The number of carbonyl (C=O) groups excluding carboxylic acids is 1. The van der Waals surface area contributed by atoms with E-state index in [0.29, 0.717) is 6.54 Å². The van der Waals surface area contributed by atoms with Gasteiger partial charge in [-0.3, -0.25) is 9.52 Å². The molecule has 0 saturated heterocycles. The number of rotatable bonds is 4. The van der Waals surface area contributed by atoms with Crippen LogP contribution < -0.4 is 9.62 Å². The molecule has 1 heterocycles. The summed E-state index contributed by atoms with van der Waals surface area (Å²) in [5, 5.41) is 0.276. The summed E-state index contributed by atoms with van der Waals surface area (Å²) in [5.74, 6) is -0.253. The number of nitrogens with one attached hydrogen (secondary N) is 1. The van der Waals surface area contributed by atoms with Gasteiger partial charge in [-0.1, -0.05) is 47.5 Å². The summed E-state index contributed by atoms with van der Waals surface area (Å²) in [5.41, 5.74) is 3.47. The number of anilines is 2. The van der Waals surface area contributed by atoms with Gasteiger partial charge in [0, 0.05) is 17.9 Å². The van der Waals surface area contributed by atoms with Gasteiger partial charge in [-0.05, 0) is 55.3 Å². The van der Waals surface area contributed by atoms with Gasteiger partial charge in [0.15, 0.2) is 0 Å². The average molecular weight is 427 g/mol. The van der Waals surface area contributed by atoms with E-state index in [1.54, 1.807) is 35.2 Å². The van der Waals surface area contributed by atoms with Crippen molar-refractivity contribution in [3.05, 3.63) is 88.4 Å². The number of carbonyl (C=O) groups is 1. The molecule has 1 aliphatic rings. The Morgan fingerprint density at radius 3 is 2.52 bits per heavy atom. The predicted octanol–water partition coefficient (Wildman–Crippen LogP) is 4.65. The van der Waals surface area contributed by atoms with Crippen LogP contribution in [0.1, 0.15) is 21.5 Å². The predicted molar refractivity (Wildman–Crippen MR) is 115 cm³/mol. The van der Waals surface area contributed by atoms with Crippen LogP contribution in [0.25, 0.3) is 0 Å². The fourth-order valence-corrected chi connectivity index (χ4v) is 4.63. The average Bonchev–Trinajstić information content (AvgIpc) is 3.13. The summed E-state index contributed by atoms with van der Waals surface area (Å²) in [6, 6.07) is 18.8. The summed E-state index contributed by atoms with van der Waals surface area (Å²) in [7, 11) is -3.77. The molecule has 0 saturated carbocycles. The lowest BCUT2D eigenvalue weighted by Gasteiger charge is -2.19. The Morgan fingerprint density at radius 2 is 1.76 bits per heavy atom. The van der Waals surface area contributed by atoms with Gasteiger partial charge in [0.25, 0.3) is 15.9 Å². The summed E-state index contributed by atoms with van der Waals surface area (Å²) < 4.78 is 27.8. The van der Waals surface area contributed by atoms with E-state index in [-0.39, 0.29) is 27.1 Å². The van der Waals surface area contributed by atoms with Gasteiger partial charge in [0.05, 0.1) is 15.5 Å². The van der Waals surface area contributed by atoms with Crippen LogP contribution in [-0.4, -0.2) is 20.9 Å². The lowest BCUT2D eigenvalue weighted by molar-refractivity contribution is 0.0989. The molecule has 148 valence electrons. The first-order valence-corrected chi connectivity index (χ1v) is 11.0. The van der Waals surface area contributed by atoms with Crippen molar-refractivity contribution in [1.82, 2.24) is 0 Å². The zero-order valence-electron chi connectivity index (χ0n) is 15.7. The minimum Gasteiger partial charge on any atom is -0.308 e. The summed E-state index contributed by atoms with van der Waals surface area (Å²) in [6.07, 6.45) is 0.777. The SMILES string of the molecule is Cc1ccc(S(=O)(=O)Nc2ccc(Cl)c(C(=O)N3CCc4ccccc43)c2)cc1. The minimum absolute atomic E-state index is 0.152. The first-order valence-electron chi connectivity index (χ1n) is 9.14. The summed E-state index contributed by atoms with van der Waals surface area (Å²) >= 11 is 6.28. The Bertz CT molecular complexity index is 1190. The van der Waals surface area contributed by atoms with Crippen LogP contribution in [0.5, 0.6) is 0 Å². The zero-order valence-corrected chi connectivity index (χ0v) is 17.3. The largest absolute Gasteiger partial charge is 0.308 e. The van der Waals surface area contributed by atoms with Gasteiger partial charge in [-0.2, -0.15) is 0 Å². The highest BCUT2D eigenvalue weighted by Gasteiger charge is 2.27. The summed E-state index contributed by atoms with van der Waals surface area (Å²) in [4.78, 5) is 14.9. The van der Waals surface area contributed by atoms with Crippen molar-refractivity contribution in [2.24, 2.45) is 0 Å². The molecular formula is C22H19ClN2O3S. The molecule has 5 nitrogen and oxygen atoms in total. The Morgan fingerprint density at radius 1 is 1.03 bits per heavy atom. The van der Waals surface area contributed by atoms with Gasteiger partial charge in [0.1, 0.15) is 0 Å². The highest BCUT2D eigenvalue weighted by Crippen LogP contribution is 2.31. The molecule has 0 spiro atoms. The molecule has 1 N–H and O–H groups in total. The topological polar surface area (TPSA) is 66.5 Å². The van der Waals surface area contributed by atoms with Crippen LogP contribution in [0, 0.1) is 6.92 Å². The second-order valence-electron chi connectivity index (χ2n) is 6.95. The zero-order chi connectivity index (χ0) is 20.6. The highest BCUT2D eigenvalue weighted by atomic mass is 35.5. The van der Waals surface area contributed by atoms with Crippen LogP contribution >= 0.6 is 11.6 Å². The van der Waals surface area contributed by atoms with Crippen molar-refractivity contribution < 1.29 is 13.2 Å². The van der Waals surface area contributed by atoms with Gasteiger partial charge in [-0.15, -0.1) is 0 Å². The van der Waals surface area contributed by atoms with Crippen LogP contribution in [0.15, 0.2) is 71.6 Å². The van der Waals surface area contributed by atoms with E-state index in [2.05, 4.69) is 4.72 Å². The van der Waals surface area contributed by atoms with E-state index in [9.17, 15) is 13.2 Å². The maximum absolute atomic E-state index is 13.1. The molecule has 1 aliphatic heterocycles. The summed E-state index contributed by atoms with van der Waals surface area (Å²) in [6.45, 7) is 2.45. The van der Waals surface area contributed by atoms with Crippen molar-refractivity contribution >= 4 is 38.9 Å². The second kappa shape index (κ2) is 7.54. The standard InChI is InChI=1S/C22H19ClN2O3S/c1-15-6-9-18(10-7-15)29(27,28)24-17-8-11-20(23)19(14-17)22(26)25-13-12-16-4-2-3-5-21(16)25/h2-11,14,24H,12-13H2,1H3. The number of hydrogen-bond acceptors (Lipinski definition) is 3. The number of amides is 1. The highest BCUT2D eigenvalue weighted by molar-refractivity contribution is 7.92. The van der Waals surface area contributed by atoms with E-state index >= 15 is 0 Å². The molecule has 3 aromatic rings. The Kier molecular flexibility index (Phi) is 5.06.